The number of nitrogens with one attached hydrogen (secondary N) is 3. The molecule has 2 atom stereocenters. The molecule has 2 unspecified atom stereocenters. The number of amides is 2. The molecule has 1 aliphatic rings. The van der Waals surface area contributed by atoms with E-state index in [2.05, 4.69) is 34.6 Å². The summed E-state index contributed by atoms with van der Waals surface area (Å²) in [4.78, 5) is 24.0. The lowest BCUT2D eigenvalue weighted by Gasteiger charge is -2.21. The van der Waals surface area contributed by atoms with Crippen molar-refractivity contribution in [2.75, 3.05) is 0 Å². The molecule has 35 heavy (non-hydrogen) atoms. The summed E-state index contributed by atoms with van der Waals surface area (Å²) in [5.41, 5.74) is 4.66. The van der Waals surface area contributed by atoms with Crippen molar-refractivity contribution in [3.63, 3.8) is 0 Å². The van der Waals surface area contributed by atoms with Crippen LogP contribution in [0.1, 0.15) is 78.9 Å². The first-order valence-electron chi connectivity index (χ1n) is 12.3. The Hall–Kier alpha value is -3.18. The first-order chi connectivity index (χ1) is 17.0. The Morgan fingerprint density at radius 2 is 1.46 bits per heavy atom. The molecule has 0 saturated heterocycles. The van der Waals surface area contributed by atoms with Gasteiger partial charge in [-0.3, -0.25) is 14.8 Å². The minimum Gasteiger partial charge on any atom is -0.391 e. The molecule has 2 aromatic carbocycles. The third kappa shape index (κ3) is 8.52. The molecule has 0 aromatic heterocycles. The van der Waals surface area contributed by atoms with Gasteiger partial charge in [-0.25, -0.2) is 5.48 Å². The number of aliphatic hydroxyl groups is 1. The van der Waals surface area contributed by atoms with E-state index in [0.717, 1.165) is 17.7 Å². The fraction of sp³-hybridized carbons (Fsp3) is 0.429. The van der Waals surface area contributed by atoms with E-state index in [9.17, 15) is 14.7 Å². The number of hydrogen-bond acceptors (Lipinski definition) is 5. The second kappa shape index (κ2) is 13.6. The van der Waals surface area contributed by atoms with Crippen molar-refractivity contribution in [1.82, 2.24) is 16.1 Å². The van der Waals surface area contributed by atoms with Gasteiger partial charge in [0.15, 0.2) is 0 Å². The Bertz CT molecular complexity index is 1010. The van der Waals surface area contributed by atoms with Crippen LogP contribution in [0.2, 0.25) is 0 Å². The summed E-state index contributed by atoms with van der Waals surface area (Å²) in [5.74, 6) is 4.81. The van der Waals surface area contributed by atoms with Gasteiger partial charge in [-0.15, -0.1) is 0 Å². The molecule has 3 rings (SSSR count). The number of carbonyl (C=O) groups excluding carboxylic acids is 2. The Balaban J connectivity index is 1.53. The van der Waals surface area contributed by atoms with Gasteiger partial charge in [-0.05, 0) is 61.7 Å². The highest BCUT2D eigenvalue weighted by molar-refractivity contribution is 5.97. The molecule has 2 amide bonds. The largest absolute Gasteiger partial charge is 0.391 e. The fourth-order valence-corrected chi connectivity index (χ4v) is 4.18. The van der Waals surface area contributed by atoms with E-state index in [0.29, 0.717) is 11.6 Å². The number of carbonyl (C=O) groups is 2. The molecule has 0 heterocycles. The molecular weight excluding hydrogens is 442 g/mol. The Morgan fingerprint density at radius 3 is 2.00 bits per heavy atom. The van der Waals surface area contributed by atoms with E-state index in [1.165, 1.54) is 62.9 Å². The van der Waals surface area contributed by atoms with Gasteiger partial charge in [0.05, 0.1) is 6.10 Å². The Morgan fingerprint density at radius 1 is 0.914 bits per heavy atom. The molecule has 0 aliphatic heterocycles. The maximum Gasteiger partial charge on any atom is 0.268 e. The van der Waals surface area contributed by atoms with Gasteiger partial charge in [0.25, 0.3) is 11.8 Å². The monoisotopic (exact) mass is 477 g/mol. The number of hydrogen-bond donors (Lipinski definition) is 5. The molecule has 0 bridgehead atoms. The van der Waals surface area contributed by atoms with Crippen LogP contribution in [0.3, 0.4) is 0 Å². The quantitative estimate of drug-likeness (QED) is 0.239. The fourth-order valence-electron chi connectivity index (χ4n) is 4.18. The maximum absolute atomic E-state index is 12.4. The van der Waals surface area contributed by atoms with Crippen LogP contribution in [0, 0.1) is 11.8 Å². The minimum atomic E-state index is -1.26. The summed E-state index contributed by atoms with van der Waals surface area (Å²) in [6.07, 6.45) is 8.10. The molecule has 7 nitrogen and oxygen atoms in total. The van der Waals surface area contributed by atoms with Gasteiger partial charge in [0.1, 0.15) is 6.04 Å². The molecule has 186 valence electrons. The first kappa shape index (κ1) is 26.4. The highest BCUT2D eigenvalue weighted by Gasteiger charge is 2.25. The predicted octanol–water partition coefficient (Wildman–Crippen LogP) is 3.27. The number of aliphatic hydroxyl groups excluding tert-OH is 1. The molecule has 0 radical (unpaired) electrons. The van der Waals surface area contributed by atoms with Crippen molar-refractivity contribution in [3.8, 4) is 11.8 Å². The standard InChI is InChI=1S/C28H35N3O4/c1-20(32)26(28(34)31-35)30-27(33)24-17-15-22(16-18-24)10-9-21-11-13-23(14-12-21)19-29-25-7-5-3-2-4-6-8-25/h11-18,20,25-26,29,32,35H,2-8,19H2,1H3,(H,30,33)(H,31,34). The zero-order valence-electron chi connectivity index (χ0n) is 20.2. The lowest BCUT2D eigenvalue weighted by molar-refractivity contribution is -0.133. The Labute approximate surface area is 207 Å². The van der Waals surface area contributed by atoms with Crippen molar-refractivity contribution in [2.45, 2.75) is 76.6 Å². The number of rotatable bonds is 7. The smallest absolute Gasteiger partial charge is 0.268 e. The summed E-state index contributed by atoms with van der Waals surface area (Å²) in [5, 5.41) is 24.5. The van der Waals surface area contributed by atoms with Gasteiger partial charge in [-0.2, -0.15) is 0 Å². The van der Waals surface area contributed by atoms with E-state index in [1.54, 1.807) is 24.3 Å². The van der Waals surface area contributed by atoms with Crippen molar-refractivity contribution in [3.05, 3.63) is 70.8 Å². The zero-order chi connectivity index (χ0) is 25.0. The van der Waals surface area contributed by atoms with E-state index in [4.69, 9.17) is 5.21 Å². The lowest BCUT2D eigenvalue weighted by Crippen LogP contribution is -2.51. The highest BCUT2D eigenvalue weighted by atomic mass is 16.5. The van der Waals surface area contributed by atoms with Gasteiger partial charge in [0.2, 0.25) is 0 Å². The van der Waals surface area contributed by atoms with Crippen LogP contribution in [-0.2, 0) is 11.3 Å². The molecule has 5 N–H and O–H groups in total. The van der Waals surface area contributed by atoms with Crippen molar-refractivity contribution in [2.24, 2.45) is 0 Å². The van der Waals surface area contributed by atoms with Crippen LogP contribution < -0.4 is 16.1 Å². The summed E-state index contributed by atoms with van der Waals surface area (Å²) >= 11 is 0. The van der Waals surface area contributed by atoms with Crippen LogP contribution in [0.25, 0.3) is 0 Å². The summed E-state index contributed by atoms with van der Waals surface area (Å²) in [6, 6.07) is 14.2. The van der Waals surface area contributed by atoms with Crippen LogP contribution in [0.15, 0.2) is 48.5 Å². The topological polar surface area (TPSA) is 111 Å². The molecule has 2 aromatic rings. The molecular formula is C28H35N3O4. The molecule has 7 heteroatoms. The van der Waals surface area contributed by atoms with Gasteiger partial charge in [-0.1, -0.05) is 56.1 Å². The van der Waals surface area contributed by atoms with Crippen molar-refractivity contribution in [1.29, 1.82) is 0 Å². The third-order valence-electron chi connectivity index (χ3n) is 6.31. The second-order valence-electron chi connectivity index (χ2n) is 9.12. The summed E-state index contributed by atoms with van der Waals surface area (Å²) in [6.45, 7) is 2.22. The summed E-state index contributed by atoms with van der Waals surface area (Å²) in [7, 11) is 0. The van der Waals surface area contributed by atoms with Crippen LogP contribution in [0.5, 0.6) is 0 Å². The van der Waals surface area contributed by atoms with Gasteiger partial charge >= 0.3 is 0 Å². The minimum absolute atomic E-state index is 0.313. The number of hydroxylamine groups is 1. The zero-order valence-corrected chi connectivity index (χ0v) is 20.2. The molecule has 1 aliphatic carbocycles. The average molecular weight is 478 g/mol. The van der Waals surface area contributed by atoms with Gasteiger partial charge < -0.3 is 15.7 Å². The third-order valence-corrected chi connectivity index (χ3v) is 6.31. The first-order valence-corrected chi connectivity index (χ1v) is 12.3. The van der Waals surface area contributed by atoms with Gasteiger partial charge in [0, 0.05) is 29.3 Å². The normalized spacial score (nSPS) is 16.1. The molecule has 1 fully saturated rings. The van der Waals surface area contributed by atoms with Crippen LogP contribution in [0.4, 0.5) is 0 Å². The van der Waals surface area contributed by atoms with E-state index in [-0.39, 0.29) is 0 Å². The molecule has 1 saturated carbocycles. The van der Waals surface area contributed by atoms with Crippen LogP contribution >= 0.6 is 0 Å². The molecule has 0 spiro atoms. The Kier molecular flexibility index (Phi) is 10.3. The summed E-state index contributed by atoms with van der Waals surface area (Å²) < 4.78 is 0. The highest BCUT2D eigenvalue weighted by Crippen LogP contribution is 2.17. The van der Waals surface area contributed by atoms with Crippen molar-refractivity contribution >= 4 is 11.8 Å². The predicted molar refractivity (Wildman–Crippen MR) is 135 cm³/mol. The van der Waals surface area contributed by atoms with E-state index in [1.807, 2.05) is 12.1 Å². The van der Waals surface area contributed by atoms with E-state index >= 15 is 0 Å². The number of benzene rings is 2. The average Bonchev–Trinajstić information content (AvgIpc) is 2.85. The van der Waals surface area contributed by atoms with Crippen LogP contribution in [-0.4, -0.2) is 40.3 Å². The second-order valence-corrected chi connectivity index (χ2v) is 9.12. The van der Waals surface area contributed by atoms with E-state index < -0.39 is 24.0 Å². The maximum atomic E-state index is 12.4. The van der Waals surface area contributed by atoms with Crippen molar-refractivity contribution < 1.29 is 19.9 Å². The SMILES string of the molecule is CC(O)C(NC(=O)c1ccc(C#Cc2ccc(CNC3CCCCCCC3)cc2)cc1)C(=O)NO. The lowest BCUT2D eigenvalue weighted by atomic mass is 9.96.